The van der Waals surface area contributed by atoms with E-state index in [1.54, 1.807) is 0 Å². The van der Waals surface area contributed by atoms with Gasteiger partial charge in [-0.2, -0.15) is 0 Å². The Balaban J connectivity index is 2.08. The molecule has 0 spiro atoms. The smallest absolute Gasteiger partial charge is 0.131 e. The van der Waals surface area contributed by atoms with Crippen molar-refractivity contribution in [2.75, 3.05) is 5.73 Å². The minimum atomic E-state index is 0.599. The minimum absolute atomic E-state index is 0.599. The molecule has 2 aromatic rings. The summed E-state index contributed by atoms with van der Waals surface area (Å²) in [4.78, 5) is 4.78. The zero-order valence-electron chi connectivity index (χ0n) is 11.1. The maximum absolute atomic E-state index is 6.30. The lowest BCUT2D eigenvalue weighted by Gasteiger charge is -2.07. The van der Waals surface area contributed by atoms with Crippen LogP contribution in [0.4, 0.5) is 5.82 Å². The van der Waals surface area contributed by atoms with E-state index in [0.29, 0.717) is 5.92 Å². The number of hydrogen-bond acceptors (Lipinski definition) is 2. The molecule has 0 unspecified atom stereocenters. The molecule has 1 aromatic carbocycles. The minimum Gasteiger partial charge on any atom is -0.383 e. The van der Waals surface area contributed by atoms with Crippen LogP contribution >= 0.6 is 11.6 Å². The number of anilines is 1. The number of rotatable bonds is 4. The average Bonchev–Trinajstić information content (AvgIpc) is 3.17. The maximum Gasteiger partial charge on any atom is 0.131 e. The zero-order chi connectivity index (χ0) is 13.4. The lowest BCUT2D eigenvalue weighted by Crippen LogP contribution is -2.06. The summed E-state index contributed by atoms with van der Waals surface area (Å²) >= 11 is 6.05. The summed E-state index contributed by atoms with van der Waals surface area (Å²) in [5.41, 5.74) is 8.17. The molecule has 3 rings (SSSR count). The van der Waals surface area contributed by atoms with Crippen LogP contribution in [0.15, 0.2) is 24.3 Å². The van der Waals surface area contributed by atoms with Gasteiger partial charge in [-0.05, 0) is 31.4 Å². The van der Waals surface area contributed by atoms with Gasteiger partial charge < -0.3 is 10.3 Å². The van der Waals surface area contributed by atoms with Gasteiger partial charge >= 0.3 is 0 Å². The lowest BCUT2D eigenvalue weighted by molar-refractivity contribution is 0.646. The molecule has 0 radical (unpaired) electrons. The van der Waals surface area contributed by atoms with Crippen molar-refractivity contribution in [3.8, 4) is 11.3 Å². The molecule has 1 aliphatic rings. The van der Waals surface area contributed by atoms with Gasteiger partial charge in [-0.3, -0.25) is 0 Å². The Labute approximate surface area is 118 Å². The van der Waals surface area contributed by atoms with Gasteiger partial charge in [-0.1, -0.05) is 30.7 Å². The Hall–Kier alpha value is -1.48. The SMILES string of the molecule is CCCn1c(C2CC2)nc(-c2cccc(Cl)c2)c1N. The molecule has 0 saturated heterocycles. The van der Waals surface area contributed by atoms with Crippen molar-refractivity contribution in [1.82, 2.24) is 9.55 Å². The van der Waals surface area contributed by atoms with Crippen LogP contribution in [0.5, 0.6) is 0 Å². The van der Waals surface area contributed by atoms with Crippen molar-refractivity contribution in [2.24, 2.45) is 0 Å². The van der Waals surface area contributed by atoms with Gasteiger partial charge in [-0.15, -0.1) is 0 Å². The third kappa shape index (κ3) is 2.35. The molecular weight excluding hydrogens is 258 g/mol. The van der Waals surface area contributed by atoms with Gasteiger partial charge in [0.05, 0.1) is 0 Å². The number of nitrogens with two attached hydrogens (primary N) is 1. The summed E-state index contributed by atoms with van der Waals surface area (Å²) in [6, 6.07) is 7.74. The molecule has 0 aliphatic heterocycles. The Morgan fingerprint density at radius 3 is 2.84 bits per heavy atom. The first kappa shape index (κ1) is 12.5. The number of aromatic nitrogens is 2. The molecule has 2 N–H and O–H groups in total. The second-order valence-corrected chi connectivity index (χ2v) is 5.58. The van der Waals surface area contributed by atoms with Crippen LogP contribution in [0, 0.1) is 0 Å². The Morgan fingerprint density at radius 2 is 2.21 bits per heavy atom. The van der Waals surface area contributed by atoms with Crippen molar-refractivity contribution in [1.29, 1.82) is 0 Å². The largest absolute Gasteiger partial charge is 0.383 e. The molecule has 0 amide bonds. The number of halogens is 1. The van der Waals surface area contributed by atoms with E-state index in [4.69, 9.17) is 22.3 Å². The van der Waals surface area contributed by atoms with E-state index >= 15 is 0 Å². The van der Waals surface area contributed by atoms with Crippen LogP contribution < -0.4 is 5.73 Å². The van der Waals surface area contributed by atoms with Crippen molar-refractivity contribution in [3.63, 3.8) is 0 Å². The second-order valence-electron chi connectivity index (χ2n) is 5.14. The molecule has 1 saturated carbocycles. The predicted octanol–water partition coefficient (Wildman–Crippen LogP) is 4.07. The molecule has 1 heterocycles. The standard InChI is InChI=1S/C15H18ClN3/c1-2-8-19-14(17)13(18-15(19)10-6-7-10)11-4-3-5-12(16)9-11/h3-5,9-10H,2,6-8,17H2,1H3. The highest BCUT2D eigenvalue weighted by atomic mass is 35.5. The Kier molecular flexibility index (Phi) is 3.23. The molecular formula is C15H18ClN3. The van der Waals surface area contributed by atoms with Gasteiger partial charge in [0.1, 0.15) is 17.3 Å². The van der Waals surface area contributed by atoms with E-state index < -0.39 is 0 Å². The summed E-state index contributed by atoms with van der Waals surface area (Å²) in [6.45, 7) is 3.10. The van der Waals surface area contributed by atoms with Gasteiger partial charge in [0.25, 0.3) is 0 Å². The zero-order valence-corrected chi connectivity index (χ0v) is 11.8. The number of nitrogen functional groups attached to an aromatic ring is 1. The molecule has 19 heavy (non-hydrogen) atoms. The van der Waals surface area contributed by atoms with E-state index in [2.05, 4.69) is 11.5 Å². The fourth-order valence-corrected chi connectivity index (χ4v) is 2.63. The molecule has 1 aliphatic carbocycles. The highest BCUT2D eigenvalue weighted by Gasteiger charge is 2.30. The van der Waals surface area contributed by atoms with Gasteiger partial charge in [-0.25, -0.2) is 4.98 Å². The molecule has 1 aromatic heterocycles. The molecule has 3 nitrogen and oxygen atoms in total. The third-order valence-electron chi connectivity index (χ3n) is 3.52. The first-order valence-electron chi connectivity index (χ1n) is 6.82. The first-order valence-corrected chi connectivity index (χ1v) is 7.20. The molecule has 0 atom stereocenters. The summed E-state index contributed by atoms with van der Waals surface area (Å²) in [5, 5.41) is 0.718. The highest BCUT2D eigenvalue weighted by molar-refractivity contribution is 6.30. The topological polar surface area (TPSA) is 43.8 Å². The third-order valence-corrected chi connectivity index (χ3v) is 3.76. The van der Waals surface area contributed by atoms with Crippen molar-refractivity contribution < 1.29 is 0 Å². The molecule has 0 bridgehead atoms. The number of benzene rings is 1. The number of hydrogen-bond donors (Lipinski definition) is 1. The molecule has 100 valence electrons. The van der Waals surface area contributed by atoms with Crippen molar-refractivity contribution in [2.45, 2.75) is 38.6 Å². The predicted molar refractivity (Wildman–Crippen MR) is 79.4 cm³/mol. The van der Waals surface area contributed by atoms with Crippen molar-refractivity contribution >= 4 is 17.4 Å². The van der Waals surface area contributed by atoms with Crippen LogP contribution in [0.1, 0.15) is 37.9 Å². The van der Waals surface area contributed by atoms with Gasteiger partial charge in [0.15, 0.2) is 0 Å². The van der Waals surface area contributed by atoms with Crippen LogP contribution in [0.25, 0.3) is 11.3 Å². The normalized spacial score (nSPS) is 14.8. The molecule has 1 fully saturated rings. The van der Waals surface area contributed by atoms with Crippen LogP contribution in [0.3, 0.4) is 0 Å². The van der Waals surface area contributed by atoms with Crippen molar-refractivity contribution in [3.05, 3.63) is 35.1 Å². The summed E-state index contributed by atoms with van der Waals surface area (Å²) < 4.78 is 2.17. The Bertz CT molecular complexity index is 599. The highest BCUT2D eigenvalue weighted by Crippen LogP contribution is 2.42. The van der Waals surface area contributed by atoms with Gasteiger partial charge in [0, 0.05) is 23.0 Å². The number of imidazole rings is 1. The van der Waals surface area contributed by atoms with E-state index in [9.17, 15) is 0 Å². The van der Waals surface area contributed by atoms with E-state index in [-0.39, 0.29) is 0 Å². The number of nitrogens with zero attached hydrogens (tertiary/aromatic N) is 2. The van der Waals surface area contributed by atoms with Crippen LogP contribution in [-0.2, 0) is 6.54 Å². The van der Waals surface area contributed by atoms with Crippen LogP contribution in [-0.4, -0.2) is 9.55 Å². The summed E-state index contributed by atoms with van der Waals surface area (Å²) in [6.07, 6.45) is 3.53. The monoisotopic (exact) mass is 275 g/mol. The second kappa shape index (κ2) is 4.89. The average molecular weight is 276 g/mol. The summed E-state index contributed by atoms with van der Waals surface area (Å²) in [5.74, 6) is 2.52. The van der Waals surface area contributed by atoms with E-state index in [1.165, 1.54) is 12.8 Å². The van der Waals surface area contributed by atoms with E-state index in [1.807, 2.05) is 24.3 Å². The first-order chi connectivity index (χ1) is 9.20. The maximum atomic E-state index is 6.30. The molecule has 4 heteroatoms. The fraction of sp³-hybridized carbons (Fsp3) is 0.400. The van der Waals surface area contributed by atoms with Gasteiger partial charge in [0.2, 0.25) is 0 Å². The van der Waals surface area contributed by atoms with E-state index in [0.717, 1.165) is 40.9 Å². The van der Waals surface area contributed by atoms with Crippen LogP contribution in [0.2, 0.25) is 5.02 Å². The Morgan fingerprint density at radius 1 is 1.42 bits per heavy atom. The fourth-order valence-electron chi connectivity index (χ4n) is 2.44. The lowest BCUT2D eigenvalue weighted by atomic mass is 10.1. The summed E-state index contributed by atoms with van der Waals surface area (Å²) in [7, 11) is 0. The quantitative estimate of drug-likeness (QED) is 0.914.